The fourth-order valence-corrected chi connectivity index (χ4v) is 3.72. The van der Waals surface area contributed by atoms with Crippen molar-refractivity contribution >= 4 is 10.9 Å². The average molecular weight is 308 g/mol. The molecule has 0 aliphatic carbocycles. The van der Waals surface area contributed by atoms with Crippen LogP contribution in [0.3, 0.4) is 0 Å². The number of nitrogens with one attached hydrogen (secondary N) is 1. The maximum atomic E-state index is 4.11. The van der Waals surface area contributed by atoms with Gasteiger partial charge in [-0.05, 0) is 49.9 Å². The molecule has 4 heteroatoms. The molecule has 0 saturated carbocycles. The average Bonchev–Trinajstić information content (AvgIpc) is 3.24. The number of hydrogen-bond acceptors (Lipinski definition) is 2. The predicted octanol–water partition coefficient (Wildman–Crippen LogP) is 3.63. The van der Waals surface area contributed by atoms with Gasteiger partial charge in [-0.25, -0.2) is 4.98 Å². The molecule has 4 nitrogen and oxygen atoms in total. The number of aromatic amines is 1. The number of fused-ring (bicyclic) bond motifs is 1. The highest BCUT2D eigenvalue weighted by Gasteiger charge is 2.22. The Morgan fingerprint density at radius 3 is 3.04 bits per heavy atom. The summed E-state index contributed by atoms with van der Waals surface area (Å²) >= 11 is 0. The number of benzene rings is 1. The van der Waals surface area contributed by atoms with Crippen molar-refractivity contribution in [1.82, 2.24) is 19.4 Å². The zero-order valence-corrected chi connectivity index (χ0v) is 13.5. The number of rotatable bonds is 5. The fourth-order valence-electron chi connectivity index (χ4n) is 3.72. The van der Waals surface area contributed by atoms with Gasteiger partial charge in [0.25, 0.3) is 0 Å². The minimum absolute atomic E-state index is 0.643. The number of hydrogen-bond donors (Lipinski definition) is 1. The molecule has 120 valence electrons. The van der Waals surface area contributed by atoms with E-state index in [0.29, 0.717) is 5.92 Å². The lowest BCUT2D eigenvalue weighted by Crippen LogP contribution is -2.35. The number of aryl methyl sites for hydroxylation is 1. The van der Waals surface area contributed by atoms with Gasteiger partial charge in [0, 0.05) is 42.6 Å². The maximum absolute atomic E-state index is 4.11. The molecule has 1 aliphatic rings. The molecule has 2 aromatic heterocycles. The topological polar surface area (TPSA) is 36.9 Å². The van der Waals surface area contributed by atoms with Gasteiger partial charge in [0.05, 0.1) is 6.33 Å². The number of nitrogens with zero attached hydrogens (tertiary/aromatic N) is 3. The highest BCUT2D eigenvalue weighted by atomic mass is 15.1. The summed E-state index contributed by atoms with van der Waals surface area (Å²) in [5.41, 5.74) is 2.67. The molecule has 4 rings (SSSR count). The molecular formula is C19H24N4. The van der Waals surface area contributed by atoms with E-state index in [1.807, 2.05) is 18.7 Å². The summed E-state index contributed by atoms with van der Waals surface area (Å²) in [5.74, 6) is 0.643. The molecule has 1 aliphatic heterocycles. The molecule has 3 heterocycles. The van der Waals surface area contributed by atoms with Crippen molar-refractivity contribution in [2.75, 3.05) is 19.6 Å². The first-order chi connectivity index (χ1) is 11.4. The van der Waals surface area contributed by atoms with Gasteiger partial charge in [0.1, 0.15) is 0 Å². The molecule has 1 saturated heterocycles. The smallest absolute Gasteiger partial charge is 0.0945 e. The Balaban J connectivity index is 1.36. The second kappa shape index (κ2) is 6.59. The van der Waals surface area contributed by atoms with Crippen LogP contribution in [0.5, 0.6) is 0 Å². The highest BCUT2D eigenvalue weighted by Crippen LogP contribution is 2.28. The summed E-state index contributed by atoms with van der Waals surface area (Å²) in [4.78, 5) is 10.4. The standard InChI is InChI=1S/C19H24N4/c1-2-7-18-16(5-1)13-19(21-18)17-6-3-9-22(14-17)10-4-11-23-12-8-20-15-23/h1-2,5,7-8,12-13,15,17,21H,3-4,6,9-11,14H2. The van der Waals surface area contributed by atoms with Crippen molar-refractivity contribution in [3.05, 3.63) is 54.7 Å². The van der Waals surface area contributed by atoms with Gasteiger partial charge in [-0.2, -0.15) is 0 Å². The molecule has 1 fully saturated rings. The van der Waals surface area contributed by atoms with Crippen LogP contribution in [0.1, 0.15) is 30.9 Å². The summed E-state index contributed by atoms with van der Waals surface area (Å²) in [6.07, 6.45) is 9.59. The van der Waals surface area contributed by atoms with Crippen molar-refractivity contribution in [3.63, 3.8) is 0 Å². The molecule has 0 radical (unpaired) electrons. The predicted molar refractivity (Wildman–Crippen MR) is 93.6 cm³/mol. The Morgan fingerprint density at radius 1 is 1.22 bits per heavy atom. The largest absolute Gasteiger partial charge is 0.358 e. The summed E-state index contributed by atoms with van der Waals surface area (Å²) in [6.45, 7) is 4.65. The fraction of sp³-hybridized carbons (Fsp3) is 0.421. The van der Waals surface area contributed by atoms with E-state index in [-0.39, 0.29) is 0 Å². The van der Waals surface area contributed by atoms with Crippen LogP contribution in [0.4, 0.5) is 0 Å². The molecule has 0 spiro atoms. The molecular weight excluding hydrogens is 284 g/mol. The lowest BCUT2D eigenvalue weighted by molar-refractivity contribution is 0.201. The van der Waals surface area contributed by atoms with E-state index in [1.165, 1.54) is 55.5 Å². The van der Waals surface area contributed by atoms with E-state index >= 15 is 0 Å². The zero-order chi connectivity index (χ0) is 15.5. The van der Waals surface area contributed by atoms with E-state index < -0.39 is 0 Å². The summed E-state index contributed by atoms with van der Waals surface area (Å²) in [7, 11) is 0. The van der Waals surface area contributed by atoms with Crippen LogP contribution >= 0.6 is 0 Å². The Morgan fingerprint density at radius 2 is 2.17 bits per heavy atom. The third-order valence-electron chi connectivity index (χ3n) is 4.95. The van der Waals surface area contributed by atoms with Gasteiger partial charge in [0.15, 0.2) is 0 Å². The van der Waals surface area contributed by atoms with Crippen LogP contribution in [0, 0.1) is 0 Å². The SMILES string of the molecule is c1ccc2[nH]c(C3CCCN(CCCn4ccnc4)C3)cc2c1. The van der Waals surface area contributed by atoms with Crippen LogP contribution < -0.4 is 0 Å². The second-order valence-corrected chi connectivity index (χ2v) is 6.61. The molecule has 0 bridgehead atoms. The number of piperidine rings is 1. The first-order valence-corrected chi connectivity index (χ1v) is 8.64. The Bertz CT molecular complexity index is 711. The molecule has 1 N–H and O–H groups in total. The van der Waals surface area contributed by atoms with Crippen molar-refractivity contribution in [1.29, 1.82) is 0 Å². The van der Waals surface area contributed by atoms with E-state index in [9.17, 15) is 0 Å². The third kappa shape index (κ3) is 3.32. The molecule has 3 aromatic rings. The van der Waals surface area contributed by atoms with Gasteiger partial charge in [-0.3, -0.25) is 0 Å². The summed E-state index contributed by atoms with van der Waals surface area (Å²) < 4.78 is 2.17. The van der Waals surface area contributed by atoms with Crippen LogP contribution in [0.25, 0.3) is 10.9 Å². The van der Waals surface area contributed by atoms with Crippen molar-refractivity contribution in [3.8, 4) is 0 Å². The zero-order valence-electron chi connectivity index (χ0n) is 13.5. The minimum atomic E-state index is 0.643. The summed E-state index contributed by atoms with van der Waals surface area (Å²) in [6, 6.07) is 10.9. The van der Waals surface area contributed by atoms with Crippen LogP contribution in [-0.2, 0) is 6.54 Å². The molecule has 0 amide bonds. The molecule has 1 unspecified atom stereocenters. The van der Waals surface area contributed by atoms with Gasteiger partial charge in [0.2, 0.25) is 0 Å². The van der Waals surface area contributed by atoms with Gasteiger partial charge in [-0.15, -0.1) is 0 Å². The van der Waals surface area contributed by atoms with Crippen molar-refractivity contribution in [2.45, 2.75) is 31.7 Å². The summed E-state index contributed by atoms with van der Waals surface area (Å²) in [5, 5.41) is 1.33. The monoisotopic (exact) mass is 308 g/mol. The normalized spacial score (nSPS) is 19.4. The first-order valence-electron chi connectivity index (χ1n) is 8.64. The number of imidazole rings is 1. The van der Waals surface area contributed by atoms with Crippen LogP contribution in [0.15, 0.2) is 49.1 Å². The van der Waals surface area contributed by atoms with E-state index in [1.54, 1.807) is 0 Å². The van der Waals surface area contributed by atoms with E-state index in [2.05, 4.69) is 49.8 Å². The Labute approximate surface area is 137 Å². The highest BCUT2D eigenvalue weighted by molar-refractivity contribution is 5.80. The van der Waals surface area contributed by atoms with Crippen molar-refractivity contribution in [2.24, 2.45) is 0 Å². The molecule has 1 atom stereocenters. The van der Waals surface area contributed by atoms with E-state index in [0.717, 1.165) is 6.54 Å². The quantitative estimate of drug-likeness (QED) is 0.781. The number of likely N-dealkylation sites (tertiary alicyclic amines) is 1. The third-order valence-corrected chi connectivity index (χ3v) is 4.95. The van der Waals surface area contributed by atoms with E-state index in [4.69, 9.17) is 0 Å². The van der Waals surface area contributed by atoms with Gasteiger partial charge in [-0.1, -0.05) is 18.2 Å². The number of H-pyrrole nitrogens is 1. The molecule has 23 heavy (non-hydrogen) atoms. The minimum Gasteiger partial charge on any atom is -0.358 e. The first kappa shape index (κ1) is 14.5. The number of para-hydroxylation sites is 1. The lowest BCUT2D eigenvalue weighted by Gasteiger charge is -2.32. The lowest BCUT2D eigenvalue weighted by atomic mass is 9.94. The van der Waals surface area contributed by atoms with Crippen LogP contribution in [0.2, 0.25) is 0 Å². The Hall–Kier alpha value is -2.07. The molecule has 1 aromatic carbocycles. The van der Waals surface area contributed by atoms with Gasteiger partial charge >= 0.3 is 0 Å². The second-order valence-electron chi connectivity index (χ2n) is 6.61. The maximum Gasteiger partial charge on any atom is 0.0945 e. The number of aromatic nitrogens is 3. The van der Waals surface area contributed by atoms with Crippen molar-refractivity contribution < 1.29 is 0 Å². The van der Waals surface area contributed by atoms with Crippen LogP contribution in [-0.4, -0.2) is 39.1 Å². The van der Waals surface area contributed by atoms with Gasteiger partial charge < -0.3 is 14.5 Å². The Kier molecular flexibility index (Phi) is 4.16.